The lowest BCUT2D eigenvalue weighted by Gasteiger charge is -2.06. The highest BCUT2D eigenvalue weighted by atomic mass is 16.5. The Bertz CT molecular complexity index is 739. The molecule has 3 rings (SSSR count). The molecule has 0 bridgehead atoms. The van der Waals surface area contributed by atoms with E-state index in [-0.39, 0.29) is 6.04 Å². The molecule has 0 aliphatic heterocycles. The van der Waals surface area contributed by atoms with E-state index < -0.39 is 0 Å². The third kappa shape index (κ3) is 3.20. The maximum atomic E-state index is 6.16. The van der Waals surface area contributed by atoms with Crippen LogP contribution in [0.5, 0.6) is 0 Å². The Morgan fingerprint density at radius 3 is 2.77 bits per heavy atom. The number of nitrogens with two attached hydrogens (primary N) is 1. The quantitative estimate of drug-likeness (QED) is 0.782. The van der Waals surface area contributed by atoms with Crippen molar-refractivity contribution >= 4 is 0 Å². The van der Waals surface area contributed by atoms with Crippen LogP contribution in [0.15, 0.2) is 53.3 Å². The Hall–Kier alpha value is -2.53. The van der Waals surface area contributed by atoms with Gasteiger partial charge in [-0.25, -0.2) is 0 Å². The van der Waals surface area contributed by atoms with Crippen LogP contribution in [-0.2, 0) is 6.42 Å². The Morgan fingerprint density at radius 1 is 1.18 bits per heavy atom. The van der Waals surface area contributed by atoms with Gasteiger partial charge in [-0.05, 0) is 37.0 Å². The van der Waals surface area contributed by atoms with Gasteiger partial charge in [0.1, 0.15) is 0 Å². The van der Waals surface area contributed by atoms with Gasteiger partial charge in [-0.3, -0.25) is 4.98 Å². The summed E-state index contributed by atoms with van der Waals surface area (Å²) < 4.78 is 5.31. The fraction of sp³-hybridized carbons (Fsp3) is 0.235. The van der Waals surface area contributed by atoms with Crippen LogP contribution in [-0.4, -0.2) is 15.1 Å². The zero-order valence-corrected chi connectivity index (χ0v) is 12.4. The molecule has 0 unspecified atom stereocenters. The number of rotatable bonds is 5. The fourth-order valence-corrected chi connectivity index (χ4v) is 2.28. The Balaban J connectivity index is 1.69. The summed E-state index contributed by atoms with van der Waals surface area (Å²) >= 11 is 0. The van der Waals surface area contributed by atoms with Gasteiger partial charge in [-0.1, -0.05) is 35.5 Å². The first-order chi connectivity index (χ1) is 10.7. The normalized spacial score (nSPS) is 12.3. The van der Waals surface area contributed by atoms with Crippen molar-refractivity contribution in [1.82, 2.24) is 15.1 Å². The van der Waals surface area contributed by atoms with Crippen molar-refractivity contribution in [3.8, 4) is 11.4 Å². The van der Waals surface area contributed by atoms with E-state index in [1.165, 1.54) is 5.56 Å². The number of hydrogen-bond donors (Lipinski definition) is 1. The molecular formula is C17H18N4O. The molecule has 0 aliphatic carbocycles. The van der Waals surface area contributed by atoms with Crippen molar-refractivity contribution in [2.24, 2.45) is 5.73 Å². The molecule has 5 heteroatoms. The lowest BCUT2D eigenvalue weighted by Crippen LogP contribution is -2.11. The maximum absolute atomic E-state index is 6.16. The average molecular weight is 294 g/mol. The van der Waals surface area contributed by atoms with E-state index in [0.29, 0.717) is 11.7 Å². The Labute approximate surface area is 129 Å². The third-order valence-electron chi connectivity index (χ3n) is 3.63. The molecule has 2 N–H and O–H groups in total. The van der Waals surface area contributed by atoms with E-state index in [1.807, 2.05) is 31.2 Å². The molecule has 0 fully saturated rings. The monoisotopic (exact) mass is 294 g/mol. The highest BCUT2D eigenvalue weighted by molar-refractivity contribution is 5.57. The molecule has 0 saturated heterocycles. The standard InChI is InChI=1S/C17H18N4O/c1-12-9-10-19-11-14(12)16-20-17(22-21-16)15(18)8-7-13-5-3-2-4-6-13/h2-6,9-11,15H,7-8,18H2,1H3/t15-/m1/s1. The van der Waals surface area contributed by atoms with Crippen molar-refractivity contribution in [3.63, 3.8) is 0 Å². The average Bonchev–Trinajstić information content (AvgIpc) is 3.04. The summed E-state index contributed by atoms with van der Waals surface area (Å²) in [7, 11) is 0. The summed E-state index contributed by atoms with van der Waals surface area (Å²) in [5, 5.41) is 4.02. The minimum atomic E-state index is -0.265. The smallest absolute Gasteiger partial charge is 0.243 e. The fourth-order valence-electron chi connectivity index (χ4n) is 2.28. The van der Waals surface area contributed by atoms with Gasteiger partial charge in [0, 0.05) is 18.0 Å². The van der Waals surface area contributed by atoms with Gasteiger partial charge >= 0.3 is 0 Å². The minimum Gasteiger partial charge on any atom is -0.337 e. The largest absolute Gasteiger partial charge is 0.337 e. The molecule has 0 saturated carbocycles. The second kappa shape index (κ2) is 6.49. The van der Waals surface area contributed by atoms with Crippen molar-refractivity contribution in [2.75, 3.05) is 0 Å². The lowest BCUT2D eigenvalue weighted by molar-refractivity contribution is 0.349. The number of hydrogen-bond acceptors (Lipinski definition) is 5. The lowest BCUT2D eigenvalue weighted by atomic mass is 10.1. The molecular weight excluding hydrogens is 276 g/mol. The van der Waals surface area contributed by atoms with Gasteiger partial charge < -0.3 is 10.3 Å². The maximum Gasteiger partial charge on any atom is 0.243 e. The number of nitrogens with zero attached hydrogens (tertiary/aromatic N) is 3. The van der Waals surface area contributed by atoms with Gasteiger partial charge in [0.25, 0.3) is 0 Å². The molecule has 22 heavy (non-hydrogen) atoms. The zero-order valence-electron chi connectivity index (χ0n) is 12.4. The summed E-state index contributed by atoms with van der Waals surface area (Å²) in [5.41, 5.74) is 9.34. The highest BCUT2D eigenvalue weighted by Crippen LogP contribution is 2.22. The second-order valence-corrected chi connectivity index (χ2v) is 5.28. The molecule has 2 heterocycles. The second-order valence-electron chi connectivity index (χ2n) is 5.28. The predicted molar refractivity (Wildman–Crippen MR) is 84.0 cm³/mol. The first kappa shape index (κ1) is 14.4. The molecule has 2 aromatic heterocycles. The predicted octanol–water partition coefficient (Wildman–Crippen LogP) is 3.07. The number of aryl methyl sites for hydroxylation is 2. The number of aromatic nitrogens is 3. The van der Waals surface area contributed by atoms with Gasteiger partial charge in [0.2, 0.25) is 11.7 Å². The van der Waals surface area contributed by atoms with Gasteiger partial charge in [-0.2, -0.15) is 4.98 Å². The van der Waals surface area contributed by atoms with Crippen LogP contribution in [0.2, 0.25) is 0 Å². The summed E-state index contributed by atoms with van der Waals surface area (Å²) in [4.78, 5) is 8.51. The third-order valence-corrected chi connectivity index (χ3v) is 3.63. The minimum absolute atomic E-state index is 0.265. The van der Waals surface area contributed by atoms with Crippen LogP contribution in [0, 0.1) is 6.92 Å². The van der Waals surface area contributed by atoms with Crippen LogP contribution in [0.25, 0.3) is 11.4 Å². The Morgan fingerprint density at radius 2 is 2.00 bits per heavy atom. The van der Waals surface area contributed by atoms with E-state index in [2.05, 4.69) is 27.3 Å². The SMILES string of the molecule is Cc1ccncc1-c1noc([C@H](N)CCc2ccccc2)n1. The van der Waals surface area contributed by atoms with Crippen molar-refractivity contribution in [1.29, 1.82) is 0 Å². The van der Waals surface area contributed by atoms with Gasteiger partial charge in [-0.15, -0.1) is 0 Å². The van der Waals surface area contributed by atoms with Crippen LogP contribution >= 0.6 is 0 Å². The van der Waals surface area contributed by atoms with Crippen LogP contribution < -0.4 is 5.73 Å². The molecule has 0 aliphatic rings. The van der Waals surface area contributed by atoms with Gasteiger partial charge in [0.05, 0.1) is 6.04 Å². The molecule has 1 atom stereocenters. The van der Waals surface area contributed by atoms with Crippen LogP contribution in [0.3, 0.4) is 0 Å². The van der Waals surface area contributed by atoms with Crippen LogP contribution in [0.1, 0.15) is 29.5 Å². The van der Waals surface area contributed by atoms with E-state index in [0.717, 1.165) is 24.0 Å². The number of benzene rings is 1. The first-order valence-electron chi connectivity index (χ1n) is 7.28. The van der Waals surface area contributed by atoms with Gasteiger partial charge in [0.15, 0.2) is 0 Å². The molecule has 0 spiro atoms. The molecule has 0 radical (unpaired) electrons. The molecule has 112 valence electrons. The van der Waals surface area contributed by atoms with E-state index in [4.69, 9.17) is 10.3 Å². The molecule has 1 aromatic carbocycles. The van der Waals surface area contributed by atoms with E-state index in [9.17, 15) is 0 Å². The van der Waals surface area contributed by atoms with E-state index >= 15 is 0 Å². The molecule has 5 nitrogen and oxygen atoms in total. The first-order valence-corrected chi connectivity index (χ1v) is 7.28. The summed E-state index contributed by atoms with van der Waals surface area (Å²) in [6.07, 6.45) is 5.12. The highest BCUT2D eigenvalue weighted by Gasteiger charge is 2.16. The molecule has 0 amide bonds. The Kier molecular flexibility index (Phi) is 4.25. The van der Waals surface area contributed by atoms with Crippen molar-refractivity contribution in [3.05, 3.63) is 65.8 Å². The van der Waals surface area contributed by atoms with Crippen molar-refractivity contribution in [2.45, 2.75) is 25.8 Å². The summed E-state index contributed by atoms with van der Waals surface area (Å²) in [5.74, 6) is 1.00. The zero-order chi connectivity index (χ0) is 15.4. The summed E-state index contributed by atoms with van der Waals surface area (Å²) in [6.45, 7) is 1.99. The topological polar surface area (TPSA) is 77.8 Å². The number of pyridine rings is 1. The van der Waals surface area contributed by atoms with E-state index in [1.54, 1.807) is 12.4 Å². The summed E-state index contributed by atoms with van der Waals surface area (Å²) in [6, 6.07) is 11.9. The van der Waals surface area contributed by atoms with Crippen LogP contribution in [0.4, 0.5) is 0 Å². The van der Waals surface area contributed by atoms with Crippen molar-refractivity contribution < 1.29 is 4.52 Å². The molecule has 3 aromatic rings.